The number of carbonyl (C=O) groups is 1. The van der Waals surface area contributed by atoms with Crippen LogP contribution in [0.5, 0.6) is 0 Å². The van der Waals surface area contributed by atoms with Gasteiger partial charge in [-0.15, -0.1) is 0 Å². The maximum absolute atomic E-state index is 10.9. The summed E-state index contributed by atoms with van der Waals surface area (Å²) in [5.74, 6) is -0.798. The molecule has 0 amide bonds. The average molecular weight is 177 g/mol. The van der Waals surface area contributed by atoms with E-state index in [0.717, 1.165) is 16.7 Å². The van der Waals surface area contributed by atoms with Crippen LogP contribution in [0.3, 0.4) is 0 Å². The topological polar surface area (TPSA) is 49.3 Å². The van der Waals surface area contributed by atoms with E-state index in [1.54, 1.807) is 0 Å². The number of carboxylic acids is 1. The highest BCUT2D eigenvalue weighted by Crippen LogP contribution is 2.28. The molecule has 0 saturated heterocycles. The summed E-state index contributed by atoms with van der Waals surface area (Å²) in [4.78, 5) is 10.9. The molecule has 0 fully saturated rings. The summed E-state index contributed by atoms with van der Waals surface area (Å²) in [6, 6.07) is 5.36. The minimum Gasteiger partial charge on any atom is -0.480 e. The highest BCUT2D eigenvalue weighted by atomic mass is 16.4. The summed E-state index contributed by atoms with van der Waals surface area (Å²) >= 11 is 0. The van der Waals surface area contributed by atoms with Crippen LogP contribution in [0, 0.1) is 6.92 Å². The Labute approximate surface area is 76.4 Å². The number of carboxylic acid groups (broad SMARTS) is 1. The molecule has 68 valence electrons. The second-order valence-corrected chi connectivity index (χ2v) is 3.30. The normalized spacial score (nSPS) is 19.9. The molecule has 13 heavy (non-hydrogen) atoms. The van der Waals surface area contributed by atoms with Gasteiger partial charge in [-0.2, -0.15) is 0 Å². The number of benzene rings is 1. The number of nitrogens with one attached hydrogen (secondary N) is 1. The summed E-state index contributed by atoms with van der Waals surface area (Å²) in [5.41, 5.74) is 3.09. The van der Waals surface area contributed by atoms with Crippen LogP contribution in [-0.4, -0.2) is 11.1 Å². The van der Waals surface area contributed by atoms with E-state index >= 15 is 0 Å². The van der Waals surface area contributed by atoms with Gasteiger partial charge in [-0.25, -0.2) is 0 Å². The van der Waals surface area contributed by atoms with Crippen molar-refractivity contribution in [3.63, 3.8) is 0 Å². The molecule has 1 atom stereocenters. The van der Waals surface area contributed by atoms with Crippen LogP contribution >= 0.6 is 0 Å². The molecule has 0 radical (unpaired) electrons. The molecule has 1 aliphatic rings. The molecule has 0 bridgehead atoms. The summed E-state index contributed by atoms with van der Waals surface area (Å²) in [5, 5.41) is 11.9. The first kappa shape index (κ1) is 8.26. The van der Waals surface area contributed by atoms with Gasteiger partial charge >= 0.3 is 5.97 Å². The lowest BCUT2D eigenvalue weighted by Gasteiger charge is -2.08. The Morgan fingerprint density at radius 1 is 1.62 bits per heavy atom. The molecule has 3 heteroatoms. The summed E-state index contributed by atoms with van der Waals surface area (Å²) in [7, 11) is 0. The Hall–Kier alpha value is -1.35. The molecular formula is C10H11NO2. The molecule has 1 aromatic rings. The number of fused-ring (bicyclic) bond motifs is 1. The Morgan fingerprint density at radius 2 is 2.38 bits per heavy atom. The predicted molar refractivity (Wildman–Crippen MR) is 48.4 cm³/mol. The maximum Gasteiger partial charge on any atom is 0.325 e. The van der Waals surface area contributed by atoms with E-state index in [9.17, 15) is 4.79 Å². The molecule has 0 saturated carbocycles. The highest BCUT2D eigenvalue weighted by Gasteiger charge is 2.28. The van der Waals surface area contributed by atoms with Crippen molar-refractivity contribution in [1.82, 2.24) is 5.32 Å². The quantitative estimate of drug-likeness (QED) is 0.678. The number of hydrogen-bond acceptors (Lipinski definition) is 2. The van der Waals surface area contributed by atoms with Crippen molar-refractivity contribution in [2.45, 2.75) is 19.5 Å². The molecule has 0 unspecified atom stereocenters. The fourth-order valence-corrected chi connectivity index (χ4v) is 1.83. The van der Waals surface area contributed by atoms with Gasteiger partial charge in [-0.05, 0) is 23.6 Å². The third-order valence-corrected chi connectivity index (χ3v) is 2.45. The standard InChI is InChI=1S/C10H11NO2/c1-6-3-2-4-7-5-11-9(8(6)7)10(12)13/h2-4,9,11H,5H2,1H3,(H,12,13)/t9-/m0/s1. The van der Waals surface area contributed by atoms with Crippen molar-refractivity contribution in [3.8, 4) is 0 Å². The second kappa shape index (κ2) is 2.85. The summed E-state index contributed by atoms with van der Waals surface area (Å²) < 4.78 is 0. The van der Waals surface area contributed by atoms with Crippen molar-refractivity contribution in [2.75, 3.05) is 0 Å². The molecule has 0 aliphatic carbocycles. The van der Waals surface area contributed by atoms with E-state index in [1.165, 1.54) is 0 Å². The molecule has 1 heterocycles. The van der Waals surface area contributed by atoms with Gasteiger partial charge in [0.05, 0.1) is 0 Å². The SMILES string of the molecule is Cc1cccc2c1[C@@H](C(=O)O)NC2. The van der Waals surface area contributed by atoms with Crippen LogP contribution in [0.25, 0.3) is 0 Å². The van der Waals surface area contributed by atoms with Crippen molar-refractivity contribution in [3.05, 3.63) is 34.9 Å². The smallest absolute Gasteiger partial charge is 0.325 e. The Morgan fingerprint density at radius 3 is 3.08 bits per heavy atom. The molecular weight excluding hydrogens is 166 g/mol. The van der Waals surface area contributed by atoms with Gasteiger partial charge in [0.2, 0.25) is 0 Å². The third kappa shape index (κ3) is 1.21. The number of aryl methyl sites for hydroxylation is 1. The fourth-order valence-electron chi connectivity index (χ4n) is 1.83. The molecule has 2 rings (SSSR count). The largest absolute Gasteiger partial charge is 0.480 e. The Balaban J connectivity index is 2.52. The van der Waals surface area contributed by atoms with Gasteiger partial charge < -0.3 is 5.11 Å². The van der Waals surface area contributed by atoms with Gasteiger partial charge in [0.15, 0.2) is 0 Å². The van der Waals surface area contributed by atoms with Crippen LogP contribution < -0.4 is 5.32 Å². The van der Waals surface area contributed by atoms with Crippen LogP contribution in [0.2, 0.25) is 0 Å². The van der Waals surface area contributed by atoms with Gasteiger partial charge in [0.25, 0.3) is 0 Å². The second-order valence-electron chi connectivity index (χ2n) is 3.30. The maximum atomic E-state index is 10.9. The van der Waals surface area contributed by atoms with E-state index in [1.807, 2.05) is 25.1 Å². The van der Waals surface area contributed by atoms with Crippen LogP contribution in [0.15, 0.2) is 18.2 Å². The molecule has 0 spiro atoms. The van der Waals surface area contributed by atoms with Crippen LogP contribution in [0.1, 0.15) is 22.7 Å². The molecule has 3 nitrogen and oxygen atoms in total. The molecule has 1 aliphatic heterocycles. The first-order valence-electron chi connectivity index (χ1n) is 4.24. The zero-order chi connectivity index (χ0) is 9.42. The zero-order valence-electron chi connectivity index (χ0n) is 7.37. The van der Waals surface area contributed by atoms with E-state index in [0.29, 0.717) is 6.54 Å². The summed E-state index contributed by atoms with van der Waals surface area (Å²) in [6.07, 6.45) is 0. The predicted octanol–water partition coefficient (Wildman–Crippen LogP) is 1.22. The van der Waals surface area contributed by atoms with Gasteiger partial charge in [-0.1, -0.05) is 18.2 Å². The lowest BCUT2D eigenvalue weighted by molar-refractivity contribution is -0.139. The van der Waals surface area contributed by atoms with Crippen molar-refractivity contribution >= 4 is 5.97 Å². The third-order valence-electron chi connectivity index (χ3n) is 2.45. The first-order chi connectivity index (χ1) is 6.20. The van der Waals surface area contributed by atoms with Gasteiger partial charge in [0, 0.05) is 6.54 Å². The summed E-state index contributed by atoms with van der Waals surface area (Å²) in [6.45, 7) is 2.61. The average Bonchev–Trinajstić information content (AvgIpc) is 2.49. The first-order valence-corrected chi connectivity index (χ1v) is 4.24. The lowest BCUT2D eigenvalue weighted by Crippen LogP contribution is -2.21. The minimum atomic E-state index is -0.798. The van der Waals surface area contributed by atoms with E-state index < -0.39 is 12.0 Å². The number of hydrogen-bond donors (Lipinski definition) is 2. The lowest BCUT2D eigenvalue weighted by atomic mass is 10.00. The van der Waals surface area contributed by atoms with Crippen molar-refractivity contribution in [2.24, 2.45) is 0 Å². The Bertz CT molecular complexity index is 360. The number of aliphatic carboxylic acids is 1. The van der Waals surface area contributed by atoms with E-state index in [-0.39, 0.29) is 0 Å². The van der Waals surface area contributed by atoms with Crippen molar-refractivity contribution < 1.29 is 9.90 Å². The van der Waals surface area contributed by atoms with E-state index in [4.69, 9.17) is 5.11 Å². The van der Waals surface area contributed by atoms with Crippen molar-refractivity contribution in [1.29, 1.82) is 0 Å². The highest BCUT2D eigenvalue weighted by molar-refractivity contribution is 5.77. The van der Waals surface area contributed by atoms with E-state index in [2.05, 4.69) is 5.32 Å². The van der Waals surface area contributed by atoms with Gasteiger partial charge in [-0.3, -0.25) is 10.1 Å². The molecule has 1 aromatic carbocycles. The fraction of sp³-hybridized carbons (Fsp3) is 0.300. The van der Waals surface area contributed by atoms with Gasteiger partial charge in [0.1, 0.15) is 6.04 Å². The monoisotopic (exact) mass is 177 g/mol. The zero-order valence-corrected chi connectivity index (χ0v) is 7.37. The van der Waals surface area contributed by atoms with Crippen LogP contribution in [0.4, 0.5) is 0 Å². The number of rotatable bonds is 1. The molecule has 2 N–H and O–H groups in total. The Kier molecular flexibility index (Phi) is 1.81. The minimum absolute atomic E-state index is 0.517. The van der Waals surface area contributed by atoms with Crippen LogP contribution in [-0.2, 0) is 11.3 Å². The molecule has 0 aromatic heterocycles.